The Morgan fingerprint density at radius 1 is 2.00 bits per heavy atom. The summed E-state index contributed by atoms with van der Waals surface area (Å²) in [5.41, 5.74) is 0. The van der Waals surface area contributed by atoms with Gasteiger partial charge in [0, 0.05) is 0 Å². The Morgan fingerprint density at radius 3 is 2.25 bits per heavy atom. The molecule has 0 aromatic carbocycles. The molecule has 2 N–H and O–H groups in total. The van der Waals surface area contributed by atoms with Crippen LogP contribution in [0.25, 0.3) is 0 Å². The third-order valence-corrected chi connectivity index (χ3v) is 0.0745. The maximum atomic E-state index is 7.51. The van der Waals surface area contributed by atoms with Gasteiger partial charge in [-0.05, 0) is 0 Å². The summed E-state index contributed by atoms with van der Waals surface area (Å²) >= 11 is 0. The topological polar surface area (TPSA) is 32.3 Å². The SMILES string of the molecule is [B]N[B]O. The Bertz CT molecular complexity index is 8.00. The highest BCUT2D eigenvalue weighted by atomic mass is 16.2. The lowest BCUT2D eigenvalue weighted by atomic mass is 10.2. The van der Waals surface area contributed by atoms with Gasteiger partial charge in [0.25, 0.3) is 0 Å². The standard InChI is InChI=1S/B2H2NO/c1-3-2-4/h3-4H. The molecule has 3 radical (unpaired) electrons. The molecule has 2 nitrogen and oxygen atoms in total. The number of hydrogen-bond acceptors (Lipinski definition) is 2. The van der Waals surface area contributed by atoms with Crippen molar-refractivity contribution in [1.82, 2.24) is 5.14 Å². The zero-order valence-electron chi connectivity index (χ0n) is 2.10. The van der Waals surface area contributed by atoms with Crippen molar-refractivity contribution in [1.29, 1.82) is 0 Å². The van der Waals surface area contributed by atoms with Crippen LogP contribution in [0.15, 0.2) is 0 Å². The highest BCUT2D eigenvalue weighted by Gasteiger charge is 1.62. The lowest BCUT2D eigenvalue weighted by Gasteiger charge is -1.70. The Kier molecular flexibility index (Phi) is 3.09. The quantitative estimate of drug-likeness (QED) is 0.345. The lowest BCUT2D eigenvalue weighted by Crippen LogP contribution is -2.12. The van der Waals surface area contributed by atoms with Gasteiger partial charge < -0.3 is 10.2 Å². The van der Waals surface area contributed by atoms with E-state index in [9.17, 15) is 0 Å². The first-order valence-electron chi connectivity index (χ1n) is 0.836. The highest BCUT2D eigenvalue weighted by Crippen LogP contribution is 1.15. The molecule has 4 heteroatoms. The average Bonchev–Trinajstić information content (AvgIpc) is 1.37. The fraction of sp³-hybridized carbons (Fsp3) is 0. The molecule has 4 heavy (non-hydrogen) atoms. The van der Waals surface area contributed by atoms with Gasteiger partial charge in [-0.3, -0.25) is 0 Å². The summed E-state index contributed by atoms with van der Waals surface area (Å²) < 4.78 is 0. The molecule has 0 spiro atoms. The van der Waals surface area contributed by atoms with Crippen molar-refractivity contribution in [2.24, 2.45) is 0 Å². The second kappa shape index (κ2) is 3.05. The van der Waals surface area contributed by atoms with Crippen molar-refractivity contribution in [2.75, 3.05) is 0 Å². The van der Waals surface area contributed by atoms with Crippen LogP contribution in [0.1, 0.15) is 0 Å². The van der Waals surface area contributed by atoms with Crippen LogP contribution in [0, 0.1) is 0 Å². The second-order valence-corrected chi connectivity index (χ2v) is 0.296. The number of hydrogen-bond donors (Lipinski definition) is 2. The van der Waals surface area contributed by atoms with E-state index < -0.39 is 0 Å². The van der Waals surface area contributed by atoms with E-state index in [0.717, 1.165) is 0 Å². The molecule has 0 saturated heterocycles. The van der Waals surface area contributed by atoms with Crippen molar-refractivity contribution in [3.8, 4) is 0 Å². The Morgan fingerprint density at radius 2 is 2.25 bits per heavy atom. The fourth-order valence-electron chi connectivity index (χ4n) is 0. The molecule has 0 aromatic heterocycles. The molecular formula is H2B2NO. The zero-order valence-corrected chi connectivity index (χ0v) is 2.10. The predicted molar refractivity (Wildman–Crippen MR) is 16.9 cm³/mol. The van der Waals surface area contributed by atoms with Crippen LogP contribution >= 0.6 is 0 Å². The molecular weight excluding hydrogens is 51.6 g/mol. The summed E-state index contributed by atoms with van der Waals surface area (Å²) in [7, 11) is 5.12. The smallest absolute Gasteiger partial charge is 0.379 e. The maximum Gasteiger partial charge on any atom is 0.379 e. The van der Waals surface area contributed by atoms with Gasteiger partial charge in [-0.1, -0.05) is 0 Å². The molecule has 0 aliphatic rings. The summed E-state index contributed by atoms with van der Waals surface area (Å²) in [6.45, 7) is 0. The molecule has 0 unspecified atom stereocenters. The minimum absolute atomic E-state index is 0.653. The van der Waals surface area contributed by atoms with Crippen molar-refractivity contribution in [2.45, 2.75) is 0 Å². The zero-order chi connectivity index (χ0) is 3.41. The van der Waals surface area contributed by atoms with Gasteiger partial charge in [0.15, 0.2) is 7.98 Å². The highest BCUT2D eigenvalue weighted by molar-refractivity contribution is 6.34. The van der Waals surface area contributed by atoms with Crippen LogP contribution in [0.3, 0.4) is 0 Å². The third kappa shape index (κ3) is 2.05. The summed E-state index contributed by atoms with van der Waals surface area (Å²) in [6, 6.07) is 0. The van der Waals surface area contributed by atoms with Crippen LogP contribution in [-0.2, 0) is 0 Å². The van der Waals surface area contributed by atoms with Gasteiger partial charge >= 0.3 is 7.62 Å². The molecule has 0 fully saturated rings. The van der Waals surface area contributed by atoms with Crippen LogP contribution in [0.5, 0.6) is 0 Å². The predicted octanol–water partition coefficient (Wildman–Crippen LogP) is -1.81. The van der Waals surface area contributed by atoms with Gasteiger partial charge in [0.05, 0.1) is 0 Å². The van der Waals surface area contributed by atoms with E-state index in [0.29, 0.717) is 7.62 Å². The van der Waals surface area contributed by atoms with Crippen LogP contribution in [0.2, 0.25) is 0 Å². The molecule has 19 valence electrons. The van der Waals surface area contributed by atoms with Gasteiger partial charge in [-0.25, -0.2) is 0 Å². The molecule has 0 saturated carbocycles. The summed E-state index contributed by atoms with van der Waals surface area (Å²) in [6.07, 6.45) is 0. The normalized spacial score (nSPS) is 6.25. The monoisotopic (exact) mass is 54.0 g/mol. The van der Waals surface area contributed by atoms with Crippen molar-refractivity contribution >= 4 is 15.6 Å². The van der Waals surface area contributed by atoms with Crippen LogP contribution < -0.4 is 5.14 Å². The Labute approximate surface area is 26.9 Å². The first kappa shape index (κ1) is 4.05. The second-order valence-electron chi connectivity index (χ2n) is 0.296. The van der Waals surface area contributed by atoms with Crippen LogP contribution in [-0.4, -0.2) is 20.6 Å². The first-order chi connectivity index (χ1) is 1.91. The van der Waals surface area contributed by atoms with Crippen molar-refractivity contribution in [3.05, 3.63) is 0 Å². The van der Waals surface area contributed by atoms with E-state index in [4.69, 9.17) is 5.02 Å². The molecule has 0 aliphatic carbocycles. The Balaban J connectivity index is 1.97. The molecule has 0 rings (SSSR count). The van der Waals surface area contributed by atoms with Crippen LogP contribution in [0.4, 0.5) is 0 Å². The maximum absolute atomic E-state index is 7.51. The van der Waals surface area contributed by atoms with E-state index in [2.05, 4.69) is 7.98 Å². The average molecular weight is 53.6 g/mol. The van der Waals surface area contributed by atoms with Crippen molar-refractivity contribution in [3.63, 3.8) is 0 Å². The van der Waals surface area contributed by atoms with E-state index in [1.165, 1.54) is 0 Å². The first-order valence-corrected chi connectivity index (χ1v) is 0.836. The minimum atomic E-state index is 0.653. The number of rotatable bonds is 1. The van der Waals surface area contributed by atoms with Gasteiger partial charge in [-0.15, -0.1) is 0 Å². The minimum Gasteiger partial charge on any atom is -0.441 e. The van der Waals surface area contributed by atoms with Crippen molar-refractivity contribution < 1.29 is 5.02 Å². The molecule has 0 amide bonds. The summed E-state index contributed by atoms with van der Waals surface area (Å²) in [4.78, 5) is 0. The van der Waals surface area contributed by atoms with E-state index in [1.54, 1.807) is 0 Å². The number of nitrogens with one attached hydrogen (secondary N) is 1. The van der Waals surface area contributed by atoms with E-state index in [1.807, 2.05) is 5.14 Å². The summed E-state index contributed by atoms with van der Waals surface area (Å²) in [5, 5.41) is 9.38. The fourth-order valence-corrected chi connectivity index (χ4v) is 0. The lowest BCUT2D eigenvalue weighted by molar-refractivity contribution is 0.598. The van der Waals surface area contributed by atoms with E-state index >= 15 is 0 Å². The van der Waals surface area contributed by atoms with E-state index in [-0.39, 0.29) is 0 Å². The van der Waals surface area contributed by atoms with Gasteiger partial charge in [-0.2, -0.15) is 0 Å². The summed E-state index contributed by atoms with van der Waals surface area (Å²) in [5.74, 6) is 0. The molecule has 0 bridgehead atoms. The Hall–Kier alpha value is 0.0499. The molecule has 0 aromatic rings. The van der Waals surface area contributed by atoms with Gasteiger partial charge in [0.1, 0.15) is 0 Å². The molecule has 0 aliphatic heterocycles. The molecule has 0 heterocycles. The largest absolute Gasteiger partial charge is 0.441 e. The molecule has 0 atom stereocenters. The third-order valence-electron chi connectivity index (χ3n) is 0.0745. The van der Waals surface area contributed by atoms with Gasteiger partial charge in [0.2, 0.25) is 0 Å².